The van der Waals surface area contributed by atoms with Crippen molar-refractivity contribution in [2.24, 2.45) is 0 Å². The van der Waals surface area contributed by atoms with E-state index in [1.165, 1.54) is 18.2 Å². The lowest BCUT2D eigenvalue weighted by molar-refractivity contribution is -0.274. The van der Waals surface area contributed by atoms with Gasteiger partial charge in [0.2, 0.25) is 0 Å². The lowest BCUT2D eigenvalue weighted by Crippen LogP contribution is -2.17. The molecule has 0 heterocycles. The Morgan fingerprint density at radius 1 is 1.00 bits per heavy atom. The summed E-state index contributed by atoms with van der Waals surface area (Å²) in [5.74, 6) is -0.263. The first-order valence-electron chi connectivity index (χ1n) is 5.16. The minimum atomic E-state index is -4.70. The van der Waals surface area contributed by atoms with Crippen molar-refractivity contribution in [3.63, 3.8) is 0 Å². The van der Waals surface area contributed by atoms with Crippen molar-refractivity contribution in [1.29, 1.82) is 0 Å². The summed E-state index contributed by atoms with van der Waals surface area (Å²) in [6, 6.07) is 10.9. The third-order valence-corrected chi connectivity index (χ3v) is 2.94. The SMILES string of the molecule is FC(F)(F)Oc1cccc(-c2cc(Cl)cc(Br)c2)c1. The monoisotopic (exact) mass is 350 g/mol. The summed E-state index contributed by atoms with van der Waals surface area (Å²) >= 11 is 9.19. The molecule has 0 saturated carbocycles. The van der Waals surface area contributed by atoms with Gasteiger partial charge in [-0.05, 0) is 41.5 Å². The molecule has 6 heteroatoms. The van der Waals surface area contributed by atoms with E-state index in [-0.39, 0.29) is 5.75 Å². The van der Waals surface area contributed by atoms with E-state index in [9.17, 15) is 13.2 Å². The number of hydrogen-bond donors (Lipinski definition) is 0. The van der Waals surface area contributed by atoms with E-state index in [0.29, 0.717) is 16.1 Å². The average molecular weight is 352 g/mol. The zero-order valence-electron chi connectivity index (χ0n) is 9.34. The summed E-state index contributed by atoms with van der Waals surface area (Å²) in [5, 5.41) is 0.492. The quantitative estimate of drug-likeness (QED) is 0.677. The van der Waals surface area contributed by atoms with Crippen LogP contribution in [0.5, 0.6) is 5.75 Å². The molecule has 1 nitrogen and oxygen atoms in total. The van der Waals surface area contributed by atoms with Gasteiger partial charge in [-0.1, -0.05) is 39.7 Å². The normalized spacial score (nSPS) is 11.4. The highest BCUT2D eigenvalue weighted by molar-refractivity contribution is 9.10. The van der Waals surface area contributed by atoms with Crippen molar-refractivity contribution < 1.29 is 17.9 Å². The predicted molar refractivity (Wildman–Crippen MR) is 71.3 cm³/mol. The van der Waals surface area contributed by atoms with E-state index in [1.807, 2.05) is 0 Å². The van der Waals surface area contributed by atoms with Gasteiger partial charge in [0.15, 0.2) is 0 Å². The van der Waals surface area contributed by atoms with Crippen LogP contribution in [0, 0.1) is 0 Å². The third kappa shape index (κ3) is 4.14. The summed E-state index contributed by atoms with van der Waals surface area (Å²) in [6.07, 6.45) is -4.70. The molecule has 0 spiro atoms. The molecule has 0 amide bonds. The molecule has 0 aliphatic carbocycles. The van der Waals surface area contributed by atoms with Crippen LogP contribution in [0.15, 0.2) is 46.9 Å². The third-order valence-electron chi connectivity index (χ3n) is 2.26. The summed E-state index contributed by atoms with van der Waals surface area (Å²) in [5.41, 5.74) is 1.29. The molecule has 2 rings (SSSR count). The maximum atomic E-state index is 12.2. The molecule has 2 aromatic rings. The van der Waals surface area contributed by atoms with Gasteiger partial charge in [-0.15, -0.1) is 13.2 Å². The van der Waals surface area contributed by atoms with E-state index in [2.05, 4.69) is 20.7 Å². The molecule has 0 aromatic heterocycles. The Morgan fingerprint density at radius 3 is 2.37 bits per heavy atom. The molecule has 2 aromatic carbocycles. The Labute approximate surface area is 121 Å². The Kier molecular flexibility index (Phi) is 4.06. The summed E-state index contributed by atoms with van der Waals surface area (Å²) < 4.78 is 41.1. The second-order valence-electron chi connectivity index (χ2n) is 3.73. The molecule has 0 saturated heterocycles. The first-order chi connectivity index (χ1) is 8.83. The molecule has 0 unspecified atom stereocenters. The zero-order valence-corrected chi connectivity index (χ0v) is 11.7. The molecule has 0 aliphatic heterocycles. The van der Waals surface area contributed by atoms with Crippen LogP contribution in [-0.2, 0) is 0 Å². The van der Waals surface area contributed by atoms with Crippen molar-refractivity contribution in [1.82, 2.24) is 0 Å². The fourth-order valence-corrected chi connectivity index (χ4v) is 2.45. The van der Waals surface area contributed by atoms with Crippen molar-refractivity contribution in [2.45, 2.75) is 6.36 Å². The highest BCUT2D eigenvalue weighted by Crippen LogP contribution is 2.31. The number of alkyl halides is 3. The van der Waals surface area contributed by atoms with Gasteiger partial charge in [0.1, 0.15) is 5.75 Å². The maximum Gasteiger partial charge on any atom is 0.573 e. The molecule has 0 atom stereocenters. The van der Waals surface area contributed by atoms with Gasteiger partial charge in [-0.2, -0.15) is 0 Å². The zero-order chi connectivity index (χ0) is 14.0. The van der Waals surface area contributed by atoms with Gasteiger partial charge < -0.3 is 4.74 Å². The fourth-order valence-electron chi connectivity index (χ4n) is 1.59. The number of benzene rings is 2. The Balaban J connectivity index is 2.37. The van der Waals surface area contributed by atoms with E-state index in [1.54, 1.807) is 24.3 Å². The summed E-state index contributed by atoms with van der Waals surface area (Å²) in [4.78, 5) is 0. The molecule has 100 valence electrons. The van der Waals surface area contributed by atoms with E-state index in [0.717, 1.165) is 4.47 Å². The lowest BCUT2D eigenvalue weighted by Gasteiger charge is -2.10. The van der Waals surface area contributed by atoms with E-state index in [4.69, 9.17) is 11.6 Å². The van der Waals surface area contributed by atoms with Crippen molar-refractivity contribution in [2.75, 3.05) is 0 Å². The van der Waals surface area contributed by atoms with Gasteiger partial charge in [0.25, 0.3) is 0 Å². The van der Waals surface area contributed by atoms with Gasteiger partial charge in [0.05, 0.1) is 0 Å². The topological polar surface area (TPSA) is 9.23 Å². The fraction of sp³-hybridized carbons (Fsp3) is 0.0769. The molecular weight excluding hydrogens is 344 g/mol. The Hall–Kier alpha value is -1.20. The lowest BCUT2D eigenvalue weighted by atomic mass is 10.1. The van der Waals surface area contributed by atoms with Crippen molar-refractivity contribution in [3.8, 4) is 16.9 Å². The van der Waals surface area contributed by atoms with E-state index < -0.39 is 6.36 Å². The van der Waals surface area contributed by atoms with Crippen LogP contribution in [0.2, 0.25) is 5.02 Å². The minimum absolute atomic E-state index is 0.263. The first-order valence-corrected chi connectivity index (χ1v) is 6.33. The van der Waals surface area contributed by atoms with Crippen LogP contribution in [0.4, 0.5) is 13.2 Å². The number of halogens is 5. The molecular formula is C13H7BrClF3O. The Morgan fingerprint density at radius 2 is 1.74 bits per heavy atom. The maximum absolute atomic E-state index is 12.2. The van der Waals surface area contributed by atoms with Gasteiger partial charge in [-0.3, -0.25) is 0 Å². The Bertz CT molecular complexity index is 578. The molecule has 0 aliphatic rings. The second kappa shape index (κ2) is 5.43. The van der Waals surface area contributed by atoms with Gasteiger partial charge in [-0.25, -0.2) is 0 Å². The summed E-state index contributed by atoms with van der Waals surface area (Å²) in [7, 11) is 0. The standard InChI is InChI=1S/C13H7BrClF3O/c14-10-4-9(5-11(15)7-10)8-2-1-3-12(6-8)19-13(16,17)18/h1-7H. The van der Waals surface area contributed by atoms with Crippen LogP contribution in [0.3, 0.4) is 0 Å². The van der Waals surface area contributed by atoms with Crippen LogP contribution in [0.1, 0.15) is 0 Å². The predicted octanol–water partition coefficient (Wildman–Crippen LogP) is 5.67. The highest BCUT2D eigenvalue weighted by Gasteiger charge is 2.31. The van der Waals surface area contributed by atoms with Gasteiger partial charge >= 0.3 is 6.36 Å². The van der Waals surface area contributed by atoms with Crippen molar-refractivity contribution >= 4 is 27.5 Å². The van der Waals surface area contributed by atoms with Crippen LogP contribution in [-0.4, -0.2) is 6.36 Å². The highest BCUT2D eigenvalue weighted by atomic mass is 79.9. The number of rotatable bonds is 2. The molecule has 19 heavy (non-hydrogen) atoms. The van der Waals surface area contributed by atoms with E-state index >= 15 is 0 Å². The molecule has 0 N–H and O–H groups in total. The molecule has 0 radical (unpaired) electrons. The number of ether oxygens (including phenoxy) is 1. The number of hydrogen-bond acceptors (Lipinski definition) is 1. The van der Waals surface area contributed by atoms with Crippen molar-refractivity contribution in [3.05, 3.63) is 52.0 Å². The molecule has 0 fully saturated rings. The second-order valence-corrected chi connectivity index (χ2v) is 5.09. The van der Waals surface area contributed by atoms with Crippen LogP contribution >= 0.6 is 27.5 Å². The van der Waals surface area contributed by atoms with Crippen LogP contribution < -0.4 is 4.74 Å². The first kappa shape index (κ1) is 14.2. The largest absolute Gasteiger partial charge is 0.573 e. The average Bonchev–Trinajstić information content (AvgIpc) is 2.25. The smallest absolute Gasteiger partial charge is 0.406 e. The van der Waals surface area contributed by atoms with Crippen LogP contribution in [0.25, 0.3) is 11.1 Å². The minimum Gasteiger partial charge on any atom is -0.406 e. The molecule has 0 bridgehead atoms. The van der Waals surface area contributed by atoms with Gasteiger partial charge in [0, 0.05) is 9.50 Å². The summed E-state index contributed by atoms with van der Waals surface area (Å²) in [6.45, 7) is 0.